The number of nitro benzene ring substituents is 1. The molecule has 0 heterocycles. The molecule has 0 aliphatic carbocycles. The maximum Gasteiger partial charge on any atom is 0.292 e. The summed E-state index contributed by atoms with van der Waals surface area (Å²) < 4.78 is 30.2. The molecule has 0 saturated carbocycles. The lowest BCUT2D eigenvalue weighted by Crippen LogP contribution is -2.15. The van der Waals surface area contributed by atoms with Crippen molar-refractivity contribution < 1.29 is 18.1 Å². The minimum atomic E-state index is -3.48. The van der Waals surface area contributed by atoms with Crippen LogP contribution >= 0.6 is 11.6 Å². The number of benzene rings is 2. The maximum absolute atomic E-state index is 12.3. The van der Waals surface area contributed by atoms with Crippen LogP contribution in [-0.4, -0.2) is 24.6 Å². The van der Waals surface area contributed by atoms with Gasteiger partial charge < -0.3 is 10.1 Å². The Hall–Kier alpha value is -2.83. The van der Waals surface area contributed by atoms with Crippen molar-refractivity contribution in [1.82, 2.24) is 0 Å². The molecule has 29 heavy (non-hydrogen) atoms. The van der Waals surface area contributed by atoms with Crippen molar-refractivity contribution >= 4 is 32.8 Å². The van der Waals surface area contributed by atoms with Gasteiger partial charge in [-0.15, -0.1) is 0 Å². The van der Waals surface area contributed by atoms with Crippen LogP contribution in [0, 0.1) is 21.4 Å². The van der Waals surface area contributed by atoms with Crippen molar-refractivity contribution in [3.05, 3.63) is 51.5 Å². The lowest BCUT2D eigenvalue weighted by atomic mass is 10.2. The third kappa shape index (κ3) is 5.37. The Bertz CT molecular complexity index is 1060. The number of sulfone groups is 1. The number of hydrogen-bond donors (Lipinski definition) is 1. The smallest absolute Gasteiger partial charge is 0.292 e. The first-order valence-corrected chi connectivity index (χ1v) is 10.6. The standard InChI is InChI=1S/C19H20ClN3O5S/c1-12(2)29(26,27)15-5-7-19(16(20)11-15)28-14-4-6-18(23(24)25)17(10-14)22-13(3)8-9-21/h4-7,10-13,22H,8H2,1-3H3. The number of nitriles is 1. The van der Waals surface area contributed by atoms with Crippen molar-refractivity contribution in [2.45, 2.75) is 43.4 Å². The summed E-state index contributed by atoms with van der Waals surface area (Å²) in [7, 11) is -3.48. The highest BCUT2D eigenvalue weighted by Gasteiger charge is 2.21. The molecule has 0 aliphatic heterocycles. The van der Waals surface area contributed by atoms with Gasteiger partial charge in [0.25, 0.3) is 5.69 Å². The molecule has 0 bridgehead atoms. The second-order valence-electron chi connectivity index (χ2n) is 6.63. The van der Waals surface area contributed by atoms with Gasteiger partial charge in [-0.25, -0.2) is 8.42 Å². The molecular formula is C19H20ClN3O5S. The van der Waals surface area contributed by atoms with E-state index < -0.39 is 20.0 Å². The fraction of sp³-hybridized carbons (Fsp3) is 0.316. The van der Waals surface area contributed by atoms with Crippen LogP contribution in [-0.2, 0) is 9.84 Å². The highest BCUT2D eigenvalue weighted by Crippen LogP contribution is 2.36. The third-order valence-corrected chi connectivity index (χ3v) is 6.49. The van der Waals surface area contributed by atoms with Crippen molar-refractivity contribution in [2.75, 3.05) is 5.32 Å². The second kappa shape index (κ2) is 9.11. The minimum Gasteiger partial charge on any atom is -0.456 e. The number of anilines is 1. The van der Waals surface area contributed by atoms with Gasteiger partial charge in [-0.3, -0.25) is 10.1 Å². The largest absolute Gasteiger partial charge is 0.456 e. The fourth-order valence-corrected chi connectivity index (χ4v) is 3.82. The summed E-state index contributed by atoms with van der Waals surface area (Å²) in [6.45, 7) is 4.88. The van der Waals surface area contributed by atoms with E-state index in [1.165, 1.54) is 36.4 Å². The van der Waals surface area contributed by atoms with Crippen LogP contribution in [0.3, 0.4) is 0 Å². The monoisotopic (exact) mass is 437 g/mol. The average Bonchev–Trinajstić information content (AvgIpc) is 2.63. The van der Waals surface area contributed by atoms with Crippen molar-refractivity contribution in [1.29, 1.82) is 5.26 Å². The first kappa shape index (κ1) is 22.5. The summed E-state index contributed by atoms with van der Waals surface area (Å²) in [4.78, 5) is 10.8. The van der Waals surface area contributed by atoms with E-state index in [1.807, 2.05) is 6.07 Å². The molecule has 0 fully saturated rings. The first-order valence-electron chi connectivity index (χ1n) is 8.69. The molecule has 0 aromatic heterocycles. The van der Waals surface area contributed by atoms with E-state index in [0.717, 1.165) is 0 Å². The predicted octanol–water partition coefficient (Wildman–Crippen LogP) is 4.94. The Morgan fingerprint density at radius 3 is 2.48 bits per heavy atom. The van der Waals surface area contributed by atoms with Gasteiger partial charge in [0.2, 0.25) is 0 Å². The first-order chi connectivity index (χ1) is 13.6. The average molecular weight is 438 g/mol. The molecule has 0 aliphatic rings. The van der Waals surface area contributed by atoms with Crippen molar-refractivity contribution in [3.8, 4) is 17.6 Å². The van der Waals surface area contributed by atoms with E-state index in [-0.39, 0.29) is 45.3 Å². The van der Waals surface area contributed by atoms with Crippen LogP contribution in [0.2, 0.25) is 5.02 Å². The summed E-state index contributed by atoms with van der Waals surface area (Å²) in [5.74, 6) is 0.475. The molecule has 154 valence electrons. The molecule has 1 atom stereocenters. The molecular weight excluding hydrogens is 418 g/mol. The maximum atomic E-state index is 12.3. The van der Waals surface area contributed by atoms with Crippen LogP contribution < -0.4 is 10.1 Å². The van der Waals surface area contributed by atoms with Crippen LogP contribution in [0.4, 0.5) is 11.4 Å². The number of nitrogens with one attached hydrogen (secondary N) is 1. The molecule has 0 amide bonds. The SMILES string of the molecule is CC(CC#N)Nc1cc(Oc2ccc(S(=O)(=O)C(C)C)cc2Cl)ccc1[N+](=O)[O-]. The van der Waals surface area contributed by atoms with Gasteiger partial charge in [0, 0.05) is 18.2 Å². The Morgan fingerprint density at radius 2 is 1.93 bits per heavy atom. The molecule has 0 radical (unpaired) electrons. The Morgan fingerprint density at radius 1 is 1.24 bits per heavy atom. The van der Waals surface area contributed by atoms with Gasteiger partial charge in [0.15, 0.2) is 9.84 Å². The molecule has 2 rings (SSSR count). The molecule has 0 spiro atoms. The molecule has 0 saturated heterocycles. The Labute approximate surface area is 174 Å². The van der Waals surface area contributed by atoms with Gasteiger partial charge in [-0.2, -0.15) is 5.26 Å². The summed E-state index contributed by atoms with van der Waals surface area (Å²) in [6.07, 6.45) is 0.167. The summed E-state index contributed by atoms with van der Waals surface area (Å²) in [5.41, 5.74) is 0.0389. The summed E-state index contributed by atoms with van der Waals surface area (Å²) in [6, 6.07) is 9.95. The van der Waals surface area contributed by atoms with E-state index >= 15 is 0 Å². The van der Waals surface area contributed by atoms with Gasteiger partial charge in [-0.1, -0.05) is 11.6 Å². The van der Waals surface area contributed by atoms with E-state index in [1.54, 1.807) is 20.8 Å². The zero-order valence-electron chi connectivity index (χ0n) is 16.0. The summed E-state index contributed by atoms with van der Waals surface area (Å²) >= 11 is 6.19. The van der Waals surface area contributed by atoms with E-state index in [2.05, 4.69) is 5.32 Å². The Kier molecular flexibility index (Phi) is 7.06. The van der Waals surface area contributed by atoms with Crippen LogP contribution in [0.15, 0.2) is 41.3 Å². The van der Waals surface area contributed by atoms with Gasteiger partial charge in [0.1, 0.15) is 17.2 Å². The number of ether oxygens (including phenoxy) is 1. The topological polar surface area (TPSA) is 122 Å². The third-order valence-electron chi connectivity index (χ3n) is 4.04. The molecule has 2 aromatic carbocycles. The van der Waals surface area contributed by atoms with E-state index in [0.29, 0.717) is 0 Å². The Balaban J connectivity index is 2.35. The van der Waals surface area contributed by atoms with Crippen LogP contribution in [0.1, 0.15) is 27.2 Å². The van der Waals surface area contributed by atoms with Crippen LogP contribution in [0.25, 0.3) is 0 Å². The quantitative estimate of drug-likeness (QED) is 0.458. The molecule has 1 N–H and O–H groups in total. The van der Waals surface area contributed by atoms with Gasteiger partial charge in [0.05, 0.1) is 32.6 Å². The van der Waals surface area contributed by atoms with Gasteiger partial charge >= 0.3 is 0 Å². The number of rotatable bonds is 8. The predicted molar refractivity (Wildman–Crippen MR) is 110 cm³/mol. The lowest BCUT2D eigenvalue weighted by molar-refractivity contribution is -0.384. The summed E-state index contributed by atoms with van der Waals surface area (Å²) in [5, 5.41) is 22.5. The van der Waals surface area contributed by atoms with E-state index in [9.17, 15) is 18.5 Å². The zero-order chi connectivity index (χ0) is 21.8. The number of nitrogens with zero attached hydrogens (tertiary/aromatic N) is 2. The molecule has 1 unspecified atom stereocenters. The number of hydrogen-bond acceptors (Lipinski definition) is 7. The molecule has 8 nitrogen and oxygen atoms in total. The fourth-order valence-electron chi connectivity index (χ4n) is 2.45. The molecule has 10 heteroatoms. The second-order valence-corrected chi connectivity index (χ2v) is 9.54. The van der Waals surface area contributed by atoms with E-state index in [4.69, 9.17) is 21.6 Å². The normalized spacial score (nSPS) is 12.3. The minimum absolute atomic E-state index is 0.0845. The number of halogens is 1. The van der Waals surface area contributed by atoms with Crippen LogP contribution in [0.5, 0.6) is 11.5 Å². The highest BCUT2D eigenvalue weighted by molar-refractivity contribution is 7.92. The van der Waals surface area contributed by atoms with Gasteiger partial charge in [-0.05, 0) is 45.0 Å². The number of nitro groups is 1. The highest BCUT2D eigenvalue weighted by atomic mass is 35.5. The van der Waals surface area contributed by atoms with Crippen molar-refractivity contribution in [3.63, 3.8) is 0 Å². The van der Waals surface area contributed by atoms with Crippen molar-refractivity contribution in [2.24, 2.45) is 0 Å². The molecule has 2 aromatic rings. The zero-order valence-corrected chi connectivity index (χ0v) is 17.6. The lowest BCUT2D eigenvalue weighted by Gasteiger charge is -2.15.